The third-order valence-corrected chi connectivity index (χ3v) is 2.48. The topological polar surface area (TPSA) is 51.8 Å². The van der Waals surface area contributed by atoms with Crippen LogP contribution in [-0.4, -0.2) is 20.4 Å². The van der Waals surface area contributed by atoms with E-state index in [1.54, 1.807) is 18.0 Å². The van der Waals surface area contributed by atoms with Gasteiger partial charge in [0.05, 0.1) is 0 Å². The molecule has 0 aliphatic rings. The molecular weight excluding hydrogens is 210 g/mol. The number of thioether (sulfide) groups is 1. The van der Waals surface area contributed by atoms with E-state index in [9.17, 15) is 0 Å². The molecule has 0 bridgehead atoms. The summed E-state index contributed by atoms with van der Waals surface area (Å²) in [6.45, 7) is 4.16. The Morgan fingerprint density at radius 1 is 1.33 bits per heavy atom. The molecular formula is C10H11N3OS. The lowest BCUT2D eigenvalue weighted by Gasteiger charge is -1.95. The zero-order valence-corrected chi connectivity index (χ0v) is 9.36. The second-order valence-electron chi connectivity index (χ2n) is 3.27. The summed E-state index contributed by atoms with van der Waals surface area (Å²) in [6.07, 6.45) is 1.71. The van der Waals surface area contributed by atoms with E-state index in [1.807, 2.05) is 18.2 Å². The maximum Gasteiger partial charge on any atom is 0.286 e. The fraction of sp³-hybridized carbons (Fsp3) is 0.300. The Kier molecular flexibility index (Phi) is 3.01. The normalized spacial score (nSPS) is 10.9. The summed E-state index contributed by atoms with van der Waals surface area (Å²) in [5, 5.41) is 4.89. The van der Waals surface area contributed by atoms with E-state index in [0.29, 0.717) is 16.3 Å². The van der Waals surface area contributed by atoms with Crippen LogP contribution in [0.5, 0.6) is 0 Å². The van der Waals surface area contributed by atoms with Gasteiger partial charge in [-0.05, 0) is 12.1 Å². The molecule has 4 nitrogen and oxygen atoms in total. The summed E-state index contributed by atoms with van der Waals surface area (Å²) in [7, 11) is 0. The van der Waals surface area contributed by atoms with Gasteiger partial charge in [-0.1, -0.05) is 36.8 Å². The van der Waals surface area contributed by atoms with Crippen molar-refractivity contribution in [3.8, 4) is 11.5 Å². The van der Waals surface area contributed by atoms with Crippen molar-refractivity contribution in [2.45, 2.75) is 24.3 Å². The van der Waals surface area contributed by atoms with Crippen molar-refractivity contribution in [3.63, 3.8) is 0 Å². The van der Waals surface area contributed by atoms with Crippen LogP contribution in [0.25, 0.3) is 11.5 Å². The van der Waals surface area contributed by atoms with Gasteiger partial charge < -0.3 is 4.52 Å². The van der Waals surface area contributed by atoms with Gasteiger partial charge in [0.2, 0.25) is 5.82 Å². The molecule has 0 saturated carbocycles. The predicted molar refractivity (Wildman–Crippen MR) is 58.5 cm³/mol. The van der Waals surface area contributed by atoms with Gasteiger partial charge in [0.25, 0.3) is 5.22 Å². The molecule has 0 unspecified atom stereocenters. The molecule has 2 rings (SSSR count). The van der Waals surface area contributed by atoms with Crippen LogP contribution in [0.4, 0.5) is 0 Å². The van der Waals surface area contributed by atoms with Crippen molar-refractivity contribution < 1.29 is 4.52 Å². The van der Waals surface area contributed by atoms with Crippen LogP contribution < -0.4 is 0 Å². The molecule has 0 spiro atoms. The van der Waals surface area contributed by atoms with E-state index < -0.39 is 0 Å². The Labute approximate surface area is 92.1 Å². The number of hydrogen-bond donors (Lipinski definition) is 0. The summed E-state index contributed by atoms with van der Waals surface area (Å²) in [5.41, 5.74) is 0.733. The molecule has 78 valence electrons. The molecule has 2 aromatic heterocycles. The van der Waals surface area contributed by atoms with Gasteiger partial charge >= 0.3 is 0 Å². The largest absolute Gasteiger partial charge is 0.327 e. The van der Waals surface area contributed by atoms with Crippen molar-refractivity contribution in [2.75, 3.05) is 0 Å². The zero-order valence-electron chi connectivity index (χ0n) is 8.54. The Morgan fingerprint density at radius 2 is 2.20 bits per heavy atom. The van der Waals surface area contributed by atoms with Gasteiger partial charge in [-0.25, -0.2) is 0 Å². The van der Waals surface area contributed by atoms with Gasteiger partial charge in [0.15, 0.2) is 0 Å². The third-order valence-electron chi connectivity index (χ3n) is 1.64. The summed E-state index contributed by atoms with van der Waals surface area (Å²) in [5.74, 6) is 0.541. The minimum Gasteiger partial charge on any atom is -0.327 e. The average Bonchev–Trinajstić information content (AvgIpc) is 2.67. The Bertz CT molecular complexity index is 427. The Hall–Kier alpha value is -1.36. The highest BCUT2D eigenvalue weighted by Crippen LogP contribution is 2.23. The van der Waals surface area contributed by atoms with Crippen molar-refractivity contribution in [1.82, 2.24) is 15.1 Å². The van der Waals surface area contributed by atoms with E-state index in [1.165, 1.54) is 0 Å². The molecule has 0 aliphatic carbocycles. The van der Waals surface area contributed by atoms with E-state index in [0.717, 1.165) is 5.69 Å². The average molecular weight is 221 g/mol. The summed E-state index contributed by atoms with van der Waals surface area (Å²) < 4.78 is 5.09. The third kappa shape index (κ3) is 2.56. The Balaban J connectivity index is 2.21. The first kappa shape index (κ1) is 10.2. The maximum atomic E-state index is 5.09. The lowest BCUT2D eigenvalue weighted by molar-refractivity contribution is 0.341. The van der Waals surface area contributed by atoms with E-state index in [2.05, 4.69) is 29.0 Å². The highest BCUT2D eigenvalue weighted by Gasteiger charge is 2.10. The van der Waals surface area contributed by atoms with E-state index in [-0.39, 0.29) is 0 Å². The van der Waals surface area contributed by atoms with Gasteiger partial charge in [0.1, 0.15) is 5.69 Å². The summed E-state index contributed by atoms with van der Waals surface area (Å²) >= 11 is 1.55. The second-order valence-corrected chi connectivity index (χ2v) is 4.79. The molecule has 0 radical (unpaired) electrons. The predicted octanol–water partition coefficient (Wildman–Crippen LogP) is 2.63. The zero-order chi connectivity index (χ0) is 10.7. The molecule has 2 heterocycles. The molecule has 0 atom stereocenters. The number of hydrogen-bond acceptors (Lipinski definition) is 5. The first-order valence-electron chi connectivity index (χ1n) is 4.67. The fourth-order valence-electron chi connectivity index (χ4n) is 1.06. The SMILES string of the molecule is CC(C)Sc1nc(-c2ccccn2)no1. The lowest BCUT2D eigenvalue weighted by Crippen LogP contribution is -1.86. The number of rotatable bonds is 3. The first-order chi connectivity index (χ1) is 7.25. The molecule has 5 heteroatoms. The fourth-order valence-corrected chi connectivity index (χ4v) is 1.68. The molecule has 0 aromatic carbocycles. The van der Waals surface area contributed by atoms with E-state index in [4.69, 9.17) is 4.52 Å². The highest BCUT2D eigenvalue weighted by molar-refractivity contribution is 7.99. The van der Waals surface area contributed by atoms with Crippen LogP contribution in [0.3, 0.4) is 0 Å². The minimum absolute atomic E-state index is 0.432. The van der Waals surface area contributed by atoms with Crippen molar-refractivity contribution in [3.05, 3.63) is 24.4 Å². The van der Waals surface area contributed by atoms with Gasteiger partial charge in [-0.2, -0.15) is 4.98 Å². The number of pyridine rings is 1. The standard InChI is InChI=1S/C10H11N3OS/c1-7(2)15-10-12-9(13-14-10)8-5-3-4-6-11-8/h3-7H,1-2H3. The van der Waals surface area contributed by atoms with Crippen LogP contribution >= 0.6 is 11.8 Å². The lowest BCUT2D eigenvalue weighted by atomic mass is 10.3. The Morgan fingerprint density at radius 3 is 2.87 bits per heavy atom. The minimum atomic E-state index is 0.432. The molecule has 15 heavy (non-hydrogen) atoms. The summed E-state index contributed by atoms with van der Waals surface area (Å²) in [4.78, 5) is 8.39. The molecule has 0 fully saturated rings. The molecule has 2 aromatic rings. The van der Waals surface area contributed by atoms with Crippen LogP contribution in [-0.2, 0) is 0 Å². The van der Waals surface area contributed by atoms with Gasteiger partial charge in [-0.3, -0.25) is 4.98 Å². The van der Waals surface area contributed by atoms with Crippen LogP contribution in [0, 0.1) is 0 Å². The van der Waals surface area contributed by atoms with Gasteiger partial charge in [0, 0.05) is 11.4 Å². The smallest absolute Gasteiger partial charge is 0.286 e. The van der Waals surface area contributed by atoms with Gasteiger partial charge in [-0.15, -0.1) is 0 Å². The van der Waals surface area contributed by atoms with E-state index >= 15 is 0 Å². The summed E-state index contributed by atoms with van der Waals surface area (Å²) in [6, 6.07) is 5.61. The number of nitrogens with zero attached hydrogens (tertiary/aromatic N) is 3. The first-order valence-corrected chi connectivity index (χ1v) is 5.55. The number of aromatic nitrogens is 3. The molecule has 0 amide bonds. The highest BCUT2D eigenvalue weighted by atomic mass is 32.2. The van der Waals surface area contributed by atoms with Crippen molar-refractivity contribution in [2.24, 2.45) is 0 Å². The van der Waals surface area contributed by atoms with Crippen LogP contribution in [0.1, 0.15) is 13.8 Å². The van der Waals surface area contributed by atoms with Crippen LogP contribution in [0.2, 0.25) is 0 Å². The van der Waals surface area contributed by atoms with Crippen molar-refractivity contribution >= 4 is 11.8 Å². The van der Waals surface area contributed by atoms with Crippen LogP contribution in [0.15, 0.2) is 34.1 Å². The quantitative estimate of drug-likeness (QED) is 0.746. The van der Waals surface area contributed by atoms with Crippen molar-refractivity contribution in [1.29, 1.82) is 0 Å². The molecule has 0 saturated heterocycles. The second kappa shape index (κ2) is 4.44. The maximum absolute atomic E-state index is 5.09. The molecule has 0 N–H and O–H groups in total. The molecule has 0 aliphatic heterocycles. The monoisotopic (exact) mass is 221 g/mol.